The van der Waals surface area contributed by atoms with Crippen LogP contribution >= 0.6 is 0 Å². The van der Waals surface area contributed by atoms with Gasteiger partial charge in [0, 0.05) is 31.6 Å². The molecule has 8 nitrogen and oxygen atoms in total. The average molecular weight is 473 g/mol. The van der Waals surface area contributed by atoms with Crippen molar-refractivity contribution in [2.45, 2.75) is 62.1 Å². The average Bonchev–Trinajstić information content (AvgIpc) is 2.84. The summed E-state index contributed by atoms with van der Waals surface area (Å²) < 4.78 is 5.13. The van der Waals surface area contributed by atoms with Gasteiger partial charge in [0.2, 0.25) is 5.91 Å². The molecular formula is C26H40N4O4. The monoisotopic (exact) mass is 472 g/mol. The topological polar surface area (TPSA) is 85.4 Å². The van der Waals surface area contributed by atoms with Gasteiger partial charge >= 0.3 is 6.03 Å². The first-order chi connectivity index (χ1) is 16.3. The van der Waals surface area contributed by atoms with E-state index in [-0.39, 0.29) is 29.9 Å². The molecule has 0 aromatic heterocycles. The summed E-state index contributed by atoms with van der Waals surface area (Å²) in [5.74, 6) is -0.0444. The van der Waals surface area contributed by atoms with Crippen LogP contribution in [0.15, 0.2) is 30.3 Å². The highest BCUT2D eigenvalue weighted by molar-refractivity contribution is 5.78. The van der Waals surface area contributed by atoms with Gasteiger partial charge in [-0.05, 0) is 58.2 Å². The van der Waals surface area contributed by atoms with Crippen molar-refractivity contribution in [1.29, 1.82) is 0 Å². The first-order valence-electron chi connectivity index (χ1n) is 12.7. The molecule has 3 amide bonds. The summed E-state index contributed by atoms with van der Waals surface area (Å²) in [4.78, 5) is 32.0. The molecule has 1 atom stereocenters. The Bertz CT molecular complexity index is 840. The minimum atomic E-state index is -0.787. The molecule has 3 fully saturated rings. The normalized spacial score (nSPS) is 25.7. The summed E-state index contributed by atoms with van der Waals surface area (Å²) in [6.45, 7) is 3.02. The number of β-amino-alcohol motifs (C(OH)–C–C–N with tert-alkyl or cyclic N) is 1. The van der Waals surface area contributed by atoms with Crippen molar-refractivity contribution in [2.24, 2.45) is 0 Å². The summed E-state index contributed by atoms with van der Waals surface area (Å²) in [6, 6.07) is 10.6. The molecule has 3 aliphatic rings. The van der Waals surface area contributed by atoms with E-state index in [1.165, 1.54) is 5.56 Å². The van der Waals surface area contributed by atoms with Crippen LogP contribution in [-0.2, 0) is 15.1 Å². The van der Waals surface area contributed by atoms with E-state index in [1.807, 2.05) is 15.9 Å². The number of urea groups is 1. The molecule has 2 aliphatic heterocycles. The first-order valence-corrected chi connectivity index (χ1v) is 12.7. The molecule has 1 aliphatic carbocycles. The van der Waals surface area contributed by atoms with Crippen molar-refractivity contribution in [1.82, 2.24) is 20.0 Å². The maximum Gasteiger partial charge on any atom is 0.320 e. The predicted molar refractivity (Wildman–Crippen MR) is 130 cm³/mol. The molecule has 2 saturated heterocycles. The molecular weight excluding hydrogens is 432 g/mol. The van der Waals surface area contributed by atoms with E-state index in [0.717, 1.165) is 38.5 Å². The first kappa shape index (κ1) is 24.9. The molecule has 2 heterocycles. The number of benzene rings is 1. The zero-order chi connectivity index (χ0) is 24.2. The Kier molecular flexibility index (Phi) is 7.80. The maximum absolute atomic E-state index is 13.7. The van der Waals surface area contributed by atoms with E-state index in [4.69, 9.17) is 4.74 Å². The van der Waals surface area contributed by atoms with Crippen molar-refractivity contribution in [3.8, 4) is 0 Å². The van der Waals surface area contributed by atoms with Crippen molar-refractivity contribution in [2.75, 3.05) is 53.5 Å². The van der Waals surface area contributed by atoms with Gasteiger partial charge in [-0.15, -0.1) is 0 Å². The van der Waals surface area contributed by atoms with Crippen LogP contribution in [0.5, 0.6) is 0 Å². The van der Waals surface area contributed by atoms with Crippen molar-refractivity contribution >= 4 is 11.9 Å². The van der Waals surface area contributed by atoms with Crippen LogP contribution < -0.4 is 5.32 Å². The van der Waals surface area contributed by atoms with Crippen LogP contribution in [0.4, 0.5) is 4.79 Å². The van der Waals surface area contributed by atoms with E-state index in [0.29, 0.717) is 39.4 Å². The molecule has 34 heavy (non-hydrogen) atoms. The Morgan fingerprint density at radius 1 is 1.09 bits per heavy atom. The Hall–Kier alpha value is -2.16. The number of nitrogens with zero attached hydrogens (tertiary/aromatic N) is 3. The summed E-state index contributed by atoms with van der Waals surface area (Å²) in [6.07, 6.45) is 5.30. The van der Waals surface area contributed by atoms with Crippen LogP contribution in [0.25, 0.3) is 0 Å². The van der Waals surface area contributed by atoms with Gasteiger partial charge in [-0.3, -0.25) is 9.69 Å². The van der Waals surface area contributed by atoms with Gasteiger partial charge in [0.05, 0.1) is 31.4 Å². The highest BCUT2D eigenvalue weighted by Gasteiger charge is 2.41. The van der Waals surface area contributed by atoms with Crippen LogP contribution in [0, 0.1) is 0 Å². The number of ether oxygens (including phenoxy) is 1. The zero-order valence-electron chi connectivity index (χ0n) is 20.7. The number of amides is 3. The largest absolute Gasteiger partial charge is 0.388 e. The second-order valence-corrected chi connectivity index (χ2v) is 10.5. The quantitative estimate of drug-likeness (QED) is 0.606. The van der Waals surface area contributed by atoms with Crippen molar-refractivity contribution in [3.63, 3.8) is 0 Å². The van der Waals surface area contributed by atoms with E-state index in [1.54, 1.807) is 0 Å². The number of nitrogens with one attached hydrogen (secondary N) is 1. The van der Waals surface area contributed by atoms with Gasteiger partial charge in [-0.2, -0.15) is 0 Å². The smallest absolute Gasteiger partial charge is 0.320 e. The second-order valence-electron chi connectivity index (χ2n) is 10.5. The third kappa shape index (κ3) is 5.56. The molecule has 0 unspecified atom stereocenters. The van der Waals surface area contributed by atoms with Gasteiger partial charge in [0.25, 0.3) is 0 Å². The Morgan fingerprint density at radius 3 is 2.41 bits per heavy atom. The Balaban J connectivity index is 1.52. The third-order valence-electron chi connectivity index (χ3n) is 7.90. The molecule has 8 heteroatoms. The fraction of sp³-hybridized carbons (Fsp3) is 0.692. The molecule has 0 radical (unpaired) electrons. The van der Waals surface area contributed by atoms with Gasteiger partial charge in [0.15, 0.2) is 0 Å². The standard InChI is InChI=1S/C26H40N4O4/c1-28(2)26(21-8-4-3-5-9-21)13-7-15-29(16-10-23(31)27-22-18-34-19-22)24(32)30(17-14-26)20-25(33)11-6-12-25/h3-5,8-9,22,33H,6-7,10-20H2,1-2H3,(H,27,31)/t26-/m0/s1. The van der Waals surface area contributed by atoms with Crippen LogP contribution in [0.3, 0.4) is 0 Å². The van der Waals surface area contributed by atoms with Gasteiger partial charge in [0.1, 0.15) is 0 Å². The fourth-order valence-electron chi connectivity index (χ4n) is 5.45. The van der Waals surface area contributed by atoms with Crippen molar-refractivity contribution < 1.29 is 19.4 Å². The molecule has 1 aromatic rings. The third-order valence-corrected chi connectivity index (χ3v) is 7.90. The SMILES string of the molecule is CN(C)[C@@]1(c2ccccc2)CCCN(CCC(=O)NC2COC2)C(=O)N(CC2(O)CCC2)CC1. The second kappa shape index (κ2) is 10.6. The van der Waals surface area contributed by atoms with E-state index < -0.39 is 5.60 Å². The lowest BCUT2D eigenvalue weighted by atomic mass is 9.79. The van der Waals surface area contributed by atoms with E-state index >= 15 is 0 Å². The Labute approximate surface area is 203 Å². The van der Waals surface area contributed by atoms with Crippen molar-refractivity contribution in [3.05, 3.63) is 35.9 Å². The lowest BCUT2D eigenvalue weighted by Gasteiger charge is -2.44. The molecule has 1 saturated carbocycles. The number of hydrogen-bond acceptors (Lipinski definition) is 5. The number of carbonyl (C=O) groups excluding carboxylic acids is 2. The molecule has 188 valence electrons. The van der Waals surface area contributed by atoms with Gasteiger partial charge < -0.3 is 25.0 Å². The molecule has 0 spiro atoms. The summed E-state index contributed by atoms with van der Waals surface area (Å²) >= 11 is 0. The van der Waals surface area contributed by atoms with Crippen LogP contribution in [-0.4, -0.2) is 96.9 Å². The van der Waals surface area contributed by atoms with E-state index in [2.05, 4.69) is 48.6 Å². The molecule has 0 bridgehead atoms. The number of rotatable bonds is 8. The summed E-state index contributed by atoms with van der Waals surface area (Å²) in [5.41, 5.74) is 0.273. The summed E-state index contributed by atoms with van der Waals surface area (Å²) in [5, 5.41) is 13.9. The lowest BCUT2D eigenvalue weighted by Crippen LogP contribution is -2.54. The lowest BCUT2D eigenvalue weighted by molar-refractivity contribution is -0.125. The van der Waals surface area contributed by atoms with Crippen LogP contribution in [0.2, 0.25) is 0 Å². The number of hydrogen-bond donors (Lipinski definition) is 2. The van der Waals surface area contributed by atoms with Gasteiger partial charge in [-0.25, -0.2) is 4.79 Å². The predicted octanol–water partition coefficient (Wildman–Crippen LogP) is 2.17. The minimum Gasteiger partial charge on any atom is -0.388 e. The highest BCUT2D eigenvalue weighted by atomic mass is 16.5. The maximum atomic E-state index is 13.7. The fourth-order valence-corrected chi connectivity index (χ4v) is 5.45. The minimum absolute atomic E-state index is 0.0444. The number of aliphatic hydroxyl groups is 1. The number of carbonyl (C=O) groups is 2. The Morgan fingerprint density at radius 2 is 1.82 bits per heavy atom. The van der Waals surface area contributed by atoms with E-state index in [9.17, 15) is 14.7 Å². The van der Waals surface area contributed by atoms with Crippen LogP contribution in [0.1, 0.15) is 50.5 Å². The molecule has 1 aromatic carbocycles. The van der Waals surface area contributed by atoms with Gasteiger partial charge in [-0.1, -0.05) is 30.3 Å². The molecule has 4 rings (SSSR count). The highest BCUT2D eigenvalue weighted by Crippen LogP contribution is 2.38. The molecule has 2 N–H and O–H groups in total. The zero-order valence-corrected chi connectivity index (χ0v) is 20.7. The summed E-state index contributed by atoms with van der Waals surface area (Å²) in [7, 11) is 4.23.